The van der Waals surface area contributed by atoms with Gasteiger partial charge >= 0.3 is 5.97 Å². The van der Waals surface area contributed by atoms with Crippen LogP contribution >= 0.6 is 0 Å². The van der Waals surface area contributed by atoms with E-state index < -0.39 is 103 Å². The van der Waals surface area contributed by atoms with E-state index in [1.165, 1.54) is 20.4 Å². The van der Waals surface area contributed by atoms with Crippen molar-refractivity contribution in [2.45, 2.75) is 211 Å². The summed E-state index contributed by atoms with van der Waals surface area (Å²) in [6.45, 7) is 22.9. The van der Waals surface area contributed by atoms with Crippen molar-refractivity contribution in [2.24, 2.45) is 45.5 Å². The van der Waals surface area contributed by atoms with E-state index in [1.54, 1.807) is 34.6 Å². The number of aliphatic hydroxyl groups excluding tert-OH is 1. The first-order valence-corrected chi connectivity index (χ1v) is 28.0. The van der Waals surface area contributed by atoms with E-state index in [0.717, 1.165) is 17.7 Å². The molecule has 20 atom stereocenters. The van der Waals surface area contributed by atoms with Crippen molar-refractivity contribution in [3.8, 4) is 0 Å². The molecule has 0 bridgehead atoms. The fraction of sp³-hybridized carbons (Fsp3) is 0.842. The molecule has 4 fully saturated rings. The third-order valence-electron chi connectivity index (χ3n) is 17.5. The number of ether oxygens (including phenoxy) is 7. The van der Waals surface area contributed by atoms with Crippen molar-refractivity contribution in [1.29, 1.82) is 0 Å². The van der Waals surface area contributed by atoms with Crippen molar-refractivity contribution in [3.63, 3.8) is 0 Å². The Morgan fingerprint density at radius 1 is 1.00 bits per heavy atom. The molecule has 1 aromatic carbocycles. The number of aliphatic hydroxyl groups is 3. The minimum absolute atomic E-state index is 0.0411. The number of carbonyl (C=O) groups excluding carboxylic acids is 1. The highest BCUT2D eigenvalue weighted by molar-refractivity contribution is 6.30. The normalized spacial score (nSPS) is 40.0. The van der Waals surface area contributed by atoms with Crippen LogP contribution in [0.4, 0.5) is 14.5 Å². The largest absolute Gasteiger partial charge is 0.459 e. The summed E-state index contributed by atoms with van der Waals surface area (Å²) in [5.74, 6) is 3.46. The Hall–Kier alpha value is -2.95. The van der Waals surface area contributed by atoms with Crippen LogP contribution in [-0.2, 0) is 38.0 Å². The van der Waals surface area contributed by atoms with Crippen molar-refractivity contribution >= 4 is 23.6 Å². The second kappa shape index (κ2) is 28.0. The molecule has 4 saturated heterocycles. The SMILES string of the molecule is CC[C@H]1OC(=O)[C@H](C)[C@@H](O[C@H]2C[C@@](C)(OC)[C@@H](O)[C@H](C)O2)[C@H](C)[C@@H](O[C@H]2C[C@@H](CN(C)CCC(C=N[C@H](CF)[C@H](OC)c3ccc(N4CC[C@H](F)C4)cc3)=NN)C[C@@H](C)O2)[C@](C)(O)C[C@@H](C)CN(C)[C@H](C)[C@@H](C)[C@]1(C)O. The molecule has 5 N–H and O–H groups in total. The number of benzene rings is 1. The maximum atomic E-state index is 14.6. The summed E-state index contributed by atoms with van der Waals surface area (Å²) in [6, 6.07) is 6.60. The second-order valence-electron chi connectivity index (χ2n) is 23.9. The first-order valence-electron chi connectivity index (χ1n) is 28.0. The van der Waals surface area contributed by atoms with Gasteiger partial charge in [-0.25, -0.2) is 8.78 Å². The Bertz CT molecular complexity index is 2010. The predicted octanol–water partition coefficient (Wildman–Crippen LogP) is 6.87. The molecule has 19 heteroatoms. The van der Waals surface area contributed by atoms with Gasteiger partial charge in [0.05, 0.1) is 47.2 Å². The molecule has 4 aliphatic rings. The summed E-state index contributed by atoms with van der Waals surface area (Å²) in [7, 11) is 7.09. The van der Waals surface area contributed by atoms with E-state index in [-0.39, 0.29) is 36.3 Å². The molecule has 4 aliphatic heterocycles. The number of aliphatic imine (C=N–C) groups is 1. The highest BCUT2D eigenvalue weighted by Crippen LogP contribution is 2.41. The molecule has 0 amide bonds. The summed E-state index contributed by atoms with van der Waals surface area (Å²) in [6.07, 6.45) is -3.08. The molecular formula is C57H98F2N6O11. The monoisotopic (exact) mass is 1080 g/mol. The molecule has 0 unspecified atom stereocenters. The van der Waals surface area contributed by atoms with Crippen molar-refractivity contribution in [3.05, 3.63) is 29.8 Å². The number of carbonyl (C=O) groups is 1. The summed E-state index contributed by atoms with van der Waals surface area (Å²) in [5, 5.41) is 40.2. The van der Waals surface area contributed by atoms with Gasteiger partial charge in [-0.2, -0.15) is 5.10 Å². The third-order valence-corrected chi connectivity index (χ3v) is 17.5. The van der Waals surface area contributed by atoms with E-state index in [1.807, 2.05) is 71.0 Å². The number of methoxy groups -OCH3 is 2. The molecule has 436 valence electrons. The maximum Gasteiger partial charge on any atom is 0.311 e. The van der Waals surface area contributed by atoms with E-state index in [0.29, 0.717) is 70.5 Å². The molecule has 4 heterocycles. The van der Waals surface area contributed by atoms with Gasteiger partial charge in [0.25, 0.3) is 0 Å². The lowest BCUT2D eigenvalue weighted by atomic mass is 9.77. The third kappa shape index (κ3) is 16.1. The van der Waals surface area contributed by atoms with E-state index in [2.05, 4.69) is 33.7 Å². The van der Waals surface area contributed by atoms with Gasteiger partial charge in [0.2, 0.25) is 0 Å². The van der Waals surface area contributed by atoms with Crippen LogP contribution in [-0.4, -0.2) is 195 Å². The zero-order valence-electron chi connectivity index (χ0n) is 48.6. The average Bonchev–Trinajstić information content (AvgIpc) is 3.81. The van der Waals surface area contributed by atoms with Crippen LogP contribution in [0.3, 0.4) is 0 Å². The minimum atomic E-state index is -1.48. The number of alkyl halides is 2. The van der Waals surface area contributed by atoms with Gasteiger partial charge < -0.3 is 69.0 Å². The molecule has 0 saturated carbocycles. The minimum Gasteiger partial charge on any atom is -0.459 e. The molecule has 1 aromatic rings. The smallest absolute Gasteiger partial charge is 0.311 e. The first-order chi connectivity index (χ1) is 35.7. The lowest BCUT2D eigenvalue weighted by Crippen LogP contribution is -2.59. The fourth-order valence-corrected chi connectivity index (χ4v) is 12.5. The fourth-order valence-electron chi connectivity index (χ4n) is 12.5. The quantitative estimate of drug-likeness (QED) is 0.0513. The Balaban J connectivity index is 1.35. The van der Waals surface area contributed by atoms with Crippen LogP contribution in [0, 0.1) is 29.6 Å². The number of esters is 1. The van der Waals surface area contributed by atoms with Crippen LogP contribution in [0.15, 0.2) is 34.4 Å². The number of rotatable bonds is 18. The summed E-state index contributed by atoms with van der Waals surface area (Å²) in [5.41, 5.74) is -1.71. The van der Waals surface area contributed by atoms with E-state index in [9.17, 15) is 28.9 Å². The number of hydrazone groups is 1. The van der Waals surface area contributed by atoms with Gasteiger partial charge in [0.1, 0.15) is 42.8 Å². The summed E-state index contributed by atoms with van der Waals surface area (Å²) in [4.78, 5) is 25.5. The van der Waals surface area contributed by atoms with Crippen LogP contribution in [0.2, 0.25) is 0 Å². The molecule has 0 aliphatic carbocycles. The van der Waals surface area contributed by atoms with Crippen LogP contribution < -0.4 is 10.7 Å². The molecule has 0 radical (unpaired) electrons. The van der Waals surface area contributed by atoms with Crippen LogP contribution in [0.1, 0.15) is 133 Å². The van der Waals surface area contributed by atoms with E-state index >= 15 is 0 Å². The zero-order valence-corrected chi connectivity index (χ0v) is 48.6. The lowest BCUT2D eigenvalue weighted by Gasteiger charge is -2.48. The van der Waals surface area contributed by atoms with Gasteiger partial charge in [0, 0.05) is 96.0 Å². The first kappa shape index (κ1) is 63.9. The Labute approximate surface area is 453 Å². The molecule has 76 heavy (non-hydrogen) atoms. The Morgan fingerprint density at radius 3 is 2.28 bits per heavy atom. The molecule has 0 aromatic heterocycles. The lowest BCUT2D eigenvalue weighted by molar-refractivity contribution is -0.308. The number of nitrogens with zero attached hydrogens (tertiary/aromatic N) is 5. The second-order valence-corrected chi connectivity index (χ2v) is 23.9. The molecule has 5 rings (SSSR count). The zero-order chi connectivity index (χ0) is 56.4. The molecule has 0 spiro atoms. The molecular weight excluding hydrogens is 983 g/mol. The van der Waals surface area contributed by atoms with Gasteiger partial charge in [0.15, 0.2) is 12.6 Å². The Kier molecular flexibility index (Phi) is 23.5. The van der Waals surface area contributed by atoms with Gasteiger partial charge in [-0.15, -0.1) is 0 Å². The number of hydrogen-bond acceptors (Lipinski definition) is 17. The van der Waals surface area contributed by atoms with E-state index in [4.69, 9.17) is 39.0 Å². The van der Waals surface area contributed by atoms with Crippen LogP contribution in [0.5, 0.6) is 0 Å². The van der Waals surface area contributed by atoms with Gasteiger partial charge in [-0.3, -0.25) is 9.79 Å². The average molecular weight is 1080 g/mol. The topological polar surface area (TPSA) is 203 Å². The number of anilines is 1. The van der Waals surface area contributed by atoms with Gasteiger partial charge in [-0.1, -0.05) is 39.8 Å². The standard InChI is InChI=1S/C57H98F2N6O11/c1-16-47-57(11,69)38(6)39(7)64(13)31-34(2)27-55(9,68)53(36(4)50(37(5)54(67)74-47)75-49-28-56(10,71-15)52(66)40(8)73-49)76-48-26-41(25-35(3)72-48)32-63(12)23-22-44(62-60)30-61-46(29-58)51(70-14)42-17-19-45(20-18-42)65-24-21-43(59)33-65/h17-20,30,34-41,43,46-53,66,68-69H,16,21-29,31-33,60H2,1-15H3/t34-,35-,36+,37-,38-,39-,40+,41+,43+,46-,47-,48+,49+,50+,51-,52+,53-,55-,56-,57+/m1/s1. The summed E-state index contributed by atoms with van der Waals surface area (Å²) >= 11 is 0. The number of hydrogen-bond donors (Lipinski definition) is 4. The summed E-state index contributed by atoms with van der Waals surface area (Å²) < 4.78 is 73.2. The van der Waals surface area contributed by atoms with Crippen molar-refractivity contribution in [2.75, 3.05) is 72.6 Å². The number of halogens is 2. The van der Waals surface area contributed by atoms with Gasteiger partial charge in [-0.05, 0) is 118 Å². The molecule has 17 nitrogen and oxygen atoms in total. The van der Waals surface area contributed by atoms with Crippen molar-refractivity contribution < 1.29 is 62.1 Å². The maximum absolute atomic E-state index is 14.6. The highest BCUT2D eigenvalue weighted by atomic mass is 19.1. The predicted molar refractivity (Wildman–Crippen MR) is 292 cm³/mol. The Morgan fingerprint density at radius 2 is 1.68 bits per heavy atom. The number of cyclic esters (lactones) is 1. The van der Waals surface area contributed by atoms with Crippen LogP contribution in [0.25, 0.3) is 0 Å². The van der Waals surface area contributed by atoms with Crippen molar-refractivity contribution in [1.82, 2.24) is 9.80 Å². The number of nitrogens with two attached hydrogens (primary N) is 1. The highest BCUT2D eigenvalue weighted by Gasteiger charge is 2.52.